The van der Waals surface area contributed by atoms with Crippen LogP contribution < -0.4 is 5.32 Å². The number of aromatic nitrogens is 2. The van der Waals surface area contributed by atoms with Gasteiger partial charge in [0.15, 0.2) is 0 Å². The van der Waals surface area contributed by atoms with Gasteiger partial charge in [0.2, 0.25) is 0 Å². The summed E-state index contributed by atoms with van der Waals surface area (Å²) in [5.41, 5.74) is 2.42. The van der Waals surface area contributed by atoms with Crippen LogP contribution in [0.15, 0.2) is 4.47 Å². The average molecular weight is 314 g/mol. The van der Waals surface area contributed by atoms with Crippen LogP contribution in [0.5, 0.6) is 0 Å². The lowest BCUT2D eigenvalue weighted by Crippen LogP contribution is -2.22. The number of hydrogen-bond donors (Lipinski definition) is 1. The lowest BCUT2D eigenvalue weighted by atomic mass is 10.1. The van der Waals surface area contributed by atoms with E-state index >= 15 is 0 Å². The van der Waals surface area contributed by atoms with Gasteiger partial charge in [-0.1, -0.05) is 20.3 Å². The second-order valence-corrected chi connectivity index (χ2v) is 6.39. The molecule has 1 aromatic rings. The lowest BCUT2D eigenvalue weighted by molar-refractivity contribution is 0.464. The molecule has 0 aliphatic heterocycles. The Morgan fingerprint density at radius 2 is 2.22 bits per heavy atom. The Bertz CT molecular complexity index is 400. The van der Waals surface area contributed by atoms with E-state index in [1.807, 2.05) is 11.7 Å². The van der Waals surface area contributed by atoms with Crippen molar-refractivity contribution in [3.05, 3.63) is 15.9 Å². The van der Waals surface area contributed by atoms with E-state index in [4.69, 9.17) is 0 Å². The van der Waals surface area contributed by atoms with E-state index < -0.39 is 0 Å². The summed E-state index contributed by atoms with van der Waals surface area (Å²) in [6.07, 6.45) is 5.16. The zero-order valence-electron chi connectivity index (χ0n) is 11.7. The van der Waals surface area contributed by atoms with Crippen LogP contribution in [0, 0.1) is 11.8 Å². The van der Waals surface area contributed by atoms with Gasteiger partial charge >= 0.3 is 0 Å². The highest BCUT2D eigenvalue weighted by atomic mass is 79.9. The highest BCUT2D eigenvalue weighted by molar-refractivity contribution is 9.10. The van der Waals surface area contributed by atoms with E-state index in [1.54, 1.807) is 0 Å². The van der Waals surface area contributed by atoms with Gasteiger partial charge < -0.3 is 5.32 Å². The molecule has 0 spiro atoms. The summed E-state index contributed by atoms with van der Waals surface area (Å²) in [5.74, 6) is 1.80. The van der Waals surface area contributed by atoms with Crippen LogP contribution in [0.3, 0.4) is 0 Å². The van der Waals surface area contributed by atoms with Crippen molar-refractivity contribution < 1.29 is 0 Å². The van der Waals surface area contributed by atoms with Gasteiger partial charge in [-0.25, -0.2) is 0 Å². The first kappa shape index (κ1) is 14.1. The largest absolute Gasteiger partial charge is 0.311 e. The zero-order valence-corrected chi connectivity index (χ0v) is 13.3. The minimum atomic E-state index is 0.873. The third-order valence-corrected chi connectivity index (χ3v) is 4.95. The van der Waals surface area contributed by atoms with Crippen molar-refractivity contribution in [2.24, 2.45) is 18.9 Å². The number of rotatable bonds is 5. The fourth-order valence-electron chi connectivity index (χ4n) is 2.92. The number of nitrogens with zero attached hydrogens (tertiary/aromatic N) is 2. The molecule has 3 nitrogen and oxygen atoms in total. The molecule has 0 aromatic carbocycles. The van der Waals surface area contributed by atoms with Gasteiger partial charge in [-0.2, -0.15) is 5.10 Å². The molecule has 2 unspecified atom stereocenters. The number of halogens is 1. The van der Waals surface area contributed by atoms with Gasteiger partial charge in [-0.3, -0.25) is 4.68 Å². The van der Waals surface area contributed by atoms with Crippen LogP contribution in [0.4, 0.5) is 0 Å². The Hall–Kier alpha value is -0.350. The summed E-state index contributed by atoms with van der Waals surface area (Å²) < 4.78 is 3.17. The van der Waals surface area contributed by atoms with Crippen LogP contribution >= 0.6 is 15.9 Å². The fourth-order valence-corrected chi connectivity index (χ4v) is 3.67. The summed E-state index contributed by atoms with van der Waals surface area (Å²) in [7, 11) is 2.03. The molecule has 102 valence electrons. The van der Waals surface area contributed by atoms with Crippen LogP contribution in [-0.2, 0) is 20.0 Å². The molecule has 0 bridgehead atoms. The third kappa shape index (κ3) is 3.15. The maximum atomic E-state index is 4.52. The van der Waals surface area contributed by atoms with Crippen molar-refractivity contribution >= 4 is 15.9 Å². The molecule has 2 rings (SSSR count). The first-order valence-corrected chi connectivity index (χ1v) is 7.82. The molecule has 0 amide bonds. The normalized spacial score (nSPS) is 23.8. The Labute approximate surface area is 118 Å². The van der Waals surface area contributed by atoms with Gasteiger partial charge in [0, 0.05) is 13.6 Å². The van der Waals surface area contributed by atoms with Gasteiger partial charge in [0.1, 0.15) is 0 Å². The minimum Gasteiger partial charge on any atom is -0.311 e. The van der Waals surface area contributed by atoms with Crippen molar-refractivity contribution in [3.8, 4) is 0 Å². The van der Waals surface area contributed by atoms with E-state index in [9.17, 15) is 0 Å². The summed E-state index contributed by atoms with van der Waals surface area (Å²) in [6.45, 7) is 6.56. The van der Waals surface area contributed by atoms with Gasteiger partial charge in [-0.15, -0.1) is 0 Å². The molecule has 1 aliphatic rings. The second kappa shape index (κ2) is 6.20. The molecule has 1 aliphatic carbocycles. The molecular formula is C14H24BrN3. The summed E-state index contributed by atoms with van der Waals surface area (Å²) in [4.78, 5) is 0. The molecule has 2 atom stereocenters. The molecule has 18 heavy (non-hydrogen) atoms. The predicted molar refractivity (Wildman–Crippen MR) is 78.5 cm³/mol. The fraction of sp³-hybridized carbons (Fsp3) is 0.786. The van der Waals surface area contributed by atoms with E-state index in [1.165, 1.54) is 29.4 Å². The van der Waals surface area contributed by atoms with Crippen molar-refractivity contribution in [3.63, 3.8) is 0 Å². The Morgan fingerprint density at radius 1 is 1.44 bits per heavy atom. The van der Waals surface area contributed by atoms with Crippen LogP contribution in [-0.4, -0.2) is 16.3 Å². The van der Waals surface area contributed by atoms with Gasteiger partial charge in [0.25, 0.3) is 0 Å². The van der Waals surface area contributed by atoms with Crippen LogP contribution in [0.1, 0.15) is 44.5 Å². The molecule has 1 saturated carbocycles. The summed E-state index contributed by atoms with van der Waals surface area (Å²) in [6, 6.07) is 0. The SMILES string of the molecule is CCc1nn(C)c(CNCC2CCC(C)C2)c1Br. The smallest absolute Gasteiger partial charge is 0.0767 e. The van der Waals surface area contributed by atoms with Crippen molar-refractivity contribution in [1.82, 2.24) is 15.1 Å². The highest BCUT2D eigenvalue weighted by Gasteiger charge is 2.21. The standard InChI is InChI=1S/C14H24BrN3/c1-4-12-14(15)13(18(3)17-12)9-16-8-11-6-5-10(2)7-11/h10-11,16H,4-9H2,1-3H3. The second-order valence-electron chi connectivity index (χ2n) is 5.60. The molecule has 1 aromatic heterocycles. The molecule has 1 N–H and O–H groups in total. The Morgan fingerprint density at radius 3 is 2.78 bits per heavy atom. The molecule has 1 heterocycles. The van der Waals surface area contributed by atoms with Crippen molar-refractivity contribution in [2.45, 2.75) is 46.1 Å². The predicted octanol–water partition coefficient (Wildman–Crippen LogP) is 3.27. The number of hydrogen-bond acceptors (Lipinski definition) is 2. The van der Waals surface area contributed by atoms with Crippen molar-refractivity contribution in [1.29, 1.82) is 0 Å². The minimum absolute atomic E-state index is 0.873. The van der Waals surface area contributed by atoms with Crippen LogP contribution in [0.25, 0.3) is 0 Å². The van der Waals surface area contributed by atoms with Gasteiger partial charge in [0.05, 0.1) is 15.9 Å². The monoisotopic (exact) mass is 313 g/mol. The zero-order chi connectivity index (χ0) is 13.1. The first-order chi connectivity index (χ1) is 8.61. The van der Waals surface area contributed by atoms with E-state index in [0.29, 0.717) is 0 Å². The average Bonchev–Trinajstić information content (AvgIpc) is 2.86. The summed E-state index contributed by atoms with van der Waals surface area (Å²) >= 11 is 3.66. The summed E-state index contributed by atoms with van der Waals surface area (Å²) in [5, 5.41) is 8.11. The van der Waals surface area contributed by atoms with E-state index in [-0.39, 0.29) is 0 Å². The third-order valence-electron chi connectivity index (χ3n) is 4.03. The molecular weight excluding hydrogens is 290 g/mol. The quantitative estimate of drug-likeness (QED) is 0.904. The molecule has 4 heteroatoms. The Kier molecular flexibility index (Phi) is 4.84. The molecule has 0 radical (unpaired) electrons. The van der Waals surface area contributed by atoms with Crippen LogP contribution in [0.2, 0.25) is 0 Å². The maximum absolute atomic E-state index is 4.52. The van der Waals surface area contributed by atoms with E-state index in [0.717, 1.165) is 37.0 Å². The topological polar surface area (TPSA) is 29.9 Å². The molecule has 1 fully saturated rings. The number of aryl methyl sites for hydroxylation is 2. The lowest BCUT2D eigenvalue weighted by Gasteiger charge is -2.11. The molecule has 0 saturated heterocycles. The highest BCUT2D eigenvalue weighted by Crippen LogP contribution is 2.29. The van der Waals surface area contributed by atoms with Gasteiger partial charge in [-0.05, 0) is 53.6 Å². The van der Waals surface area contributed by atoms with E-state index in [2.05, 4.69) is 40.2 Å². The Balaban J connectivity index is 1.85. The maximum Gasteiger partial charge on any atom is 0.0767 e. The first-order valence-electron chi connectivity index (χ1n) is 7.02. The van der Waals surface area contributed by atoms with Crippen molar-refractivity contribution in [2.75, 3.05) is 6.54 Å². The number of nitrogens with one attached hydrogen (secondary N) is 1.